The molecule has 1 saturated heterocycles. The van der Waals surface area contributed by atoms with Gasteiger partial charge in [0.2, 0.25) is 5.91 Å². The Balaban J connectivity index is 2.00. The minimum Gasteiger partial charge on any atom is -0.359 e. The van der Waals surface area contributed by atoms with Gasteiger partial charge in [-0.2, -0.15) is 0 Å². The van der Waals surface area contributed by atoms with Gasteiger partial charge in [-0.25, -0.2) is 8.78 Å². The summed E-state index contributed by atoms with van der Waals surface area (Å²) in [6, 6.07) is 9.53. The van der Waals surface area contributed by atoms with Gasteiger partial charge in [0.15, 0.2) is 0 Å². The lowest BCUT2D eigenvalue weighted by Gasteiger charge is -2.37. The highest BCUT2D eigenvalue weighted by atomic mass is 19.3. The van der Waals surface area contributed by atoms with Crippen LogP contribution in [-0.2, 0) is 11.3 Å². The summed E-state index contributed by atoms with van der Waals surface area (Å²) in [5, 5.41) is 2.32. The van der Waals surface area contributed by atoms with Crippen LogP contribution < -0.4 is 5.32 Å². The molecule has 1 fully saturated rings. The largest absolute Gasteiger partial charge is 0.359 e. The van der Waals surface area contributed by atoms with Crippen molar-refractivity contribution in [3.8, 4) is 0 Å². The molecule has 1 heterocycles. The lowest BCUT2D eigenvalue weighted by molar-refractivity contribution is -0.151. The van der Waals surface area contributed by atoms with Crippen LogP contribution in [0.2, 0.25) is 0 Å². The predicted molar refractivity (Wildman–Crippen MR) is 68.8 cm³/mol. The zero-order chi connectivity index (χ0) is 13.9. The molecule has 2 rings (SSSR count). The molecule has 1 unspecified atom stereocenters. The van der Waals surface area contributed by atoms with Gasteiger partial charge < -0.3 is 5.32 Å². The van der Waals surface area contributed by atoms with E-state index in [2.05, 4.69) is 5.32 Å². The molecule has 1 aliphatic heterocycles. The van der Waals surface area contributed by atoms with Gasteiger partial charge in [-0.05, 0) is 18.5 Å². The average molecular weight is 268 g/mol. The normalized spacial score (nSPS) is 23.0. The maximum Gasteiger partial charge on any atom is 0.272 e. The summed E-state index contributed by atoms with van der Waals surface area (Å²) in [6.07, 6.45) is 0.194. The quantitative estimate of drug-likeness (QED) is 0.908. The van der Waals surface area contributed by atoms with Crippen molar-refractivity contribution in [2.75, 3.05) is 20.1 Å². The van der Waals surface area contributed by atoms with E-state index in [1.165, 1.54) is 7.05 Å². The standard InChI is InChI=1S/C14H18F2N2O/c1-17-13(19)12-7-8-18(10-14(12,15)16)9-11-5-3-2-4-6-11/h2-6,12H,7-10H2,1H3,(H,17,19). The van der Waals surface area contributed by atoms with Crippen LogP contribution >= 0.6 is 0 Å². The fourth-order valence-electron chi connectivity index (χ4n) is 2.48. The van der Waals surface area contributed by atoms with Gasteiger partial charge in [-0.15, -0.1) is 0 Å². The second-order valence-corrected chi connectivity index (χ2v) is 4.91. The second kappa shape index (κ2) is 5.65. The molecule has 5 heteroatoms. The molecule has 0 aromatic heterocycles. The fraction of sp³-hybridized carbons (Fsp3) is 0.500. The van der Waals surface area contributed by atoms with Crippen LogP contribution in [0.3, 0.4) is 0 Å². The van der Waals surface area contributed by atoms with E-state index in [1.807, 2.05) is 30.3 Å². The van der Waals surface area contributed by atoms with Gasteiger partial charge >= 0.3 is 0 Å². The van der Waals surface area contributed by atoms with E-state index in [1.54, 1.807) is 4.90 Å². The van der Waals surface area contributed by atoms with E-state index in [0.29, 0.717) is 13.1 Å². The summed E-state index contributed by atoms with van der Waals surface area (Å²) in [5.41, 5.74) is 1.01. The first-order valence-corrected chi connectivity index (χ1v) is 6.38. The third-order valence-electron chi connectivity index (χ3n) is 3.49. The number of piperidine rings is 1. The Morgan fingerprint density at radius 2 is 2.11 bits per heavy atom. The van der Waals surface area contributed by atoms with Crippen molar-refractivity contribution >= 4 is 5.91 Å². The number of nitrogens with zero attached hydrogens (tertiary/aromatic N) is 1. The number of nitrogens with one attached hydrogen (secondary N) is 1. The molecule has 104 valence electrons. The summed E-state index contributed by atoms with van der Waals surface area (Å²) in [6.45, 7) is 0.652. The minimum absolute atomic E-state index is 0.194. The highest BCUT2D eigenvalue weighted by molar-refractivity contribution is 5.79. The number of benzene rings is 1. The Hall–Kier alpha value is -1.49. The molecule has 1 amide bonds. The fourth-order valence-corrected chi connectivity index (χ4v) is 2.48. The van der Waals surface area contributed by atoms with Crippen LogP contribution in [0, 0.1) is 5.92 Å². The van der Waals surface area contributed by atoms with Gasteiger partial charge in [-0.3, -0.25) is 9.69 Å². The molecule has 1 aromatic rings. The molecule has 0 spiro atoms. The van der Waals surface area contributed by atoms with E-state index >= 15 is 0 Å². The number of carbonyl (C=O) groups excluding carboxylic acids is 1. The van der Waals surface area contributed by atoms with E-state index in [4.69, 9.17) is 0 Å². The number of carbonyl (C=O) groups is 1. The molecule has 0 bridgehead atoms. The van der Waals surface area contributed by atoms with Gasteiger partial charge in [0.25, 0.3) is 5.92 Å². The first kappa shape index (κ1) is 13.9. The van der Waals surface area contributed by atoms with Crippen molar-refractivity contribution in [3.05, 3.63) is 35.9 Å². The van der Waals surface area contributed by atoms with Gasteiger partial charge in [0.05, 0.1) is 6.54 Å². The van der Waals surface area contributed by atoms with E-state index in [9.17, 15) is 13.6 Å². The van der Waals surface area contributed by atoms with Crippen molar-refractivity contribution in [2.45, 2.75) is 18.9 Å². The molecule has 1 N–H and O–H groups in total. The van der Waals surface area contributed by atoms with Gasteiger partial charge in [0, 0.05) is 13.6 Å². The number of likely N-dealkylation sites (tertiary alicyclic amines) is 1. The minimum atomic E-state index is -2.97. The molecule has 1 aliphatic rings. The predicted octanol–water partition coefficient (Wildman–Crippen LogP) is 1.89. The molecule has 0 saturated carbocycles. The first-order chi connectivity index (χ1) is 9.03. The summed E-state index contributed by atoms with van der Waals surface area (Å²) >= 11 is 0. The molecular formula is C14H18F2N2O. The summed E-state index contributed by atoms with van der Waals surface area (Å²) in [4.78, 5) is 13.1. The Bertz CT molecular complexity index is 436. The van der Waals surface area contributed by atoms with Crippen molar-refractivity contribution in [3.63, 3.8) is 0 Å². The lowest BCUT2D eigenvalue weighted by atomic mass is 9.91. The van der Waals surface area contributed by atoms with Crippen LogP contribution in [0.4, 0.5) is 8.78 Å². The Kier molecular flexibility index (Phi) is 4.14. The highest BCUT2D eigenvalue weighted by Crippen LogP contribution is 2.33. The first-order valence-electron chi connectivity index (χ1n) is 6.38. The monoisotopic (exact) mass is 268 g/mol. The number of alkyl halides is 2. The molecule has 0 radical (unpaired) electrons. The van der Waals surface area contributed by atoms with Crippen LogP contribution in [0.15, 0.2) is 30.3 Å². The SMILES string of the molecule is CNC(=O)C1CCN(Cc2ccccc2)CC1(F)F. The van der Waals surface area contributed by atoms with Crippen molar-refractivity contribution in [1.82, 2.24) is 10.2 Å². The number of rotatable bonds is 3. The third-order valence-corrected chi connectivity index (χ3v) is 3.49. The van der Waals surface area contributed by atoms with Crippen LogP contribution in [0.25, 0.3) is 0 Å². The Morgan fingerprint density at radius 3 is 2.68 bits per heavy atom. The van der Waals surface area contributed by atoms with Gasteiger partial charge in [0.1, 0.15) is 5.92 Å². The molecule has 19 heavy (non-hydrogen) atoms. The zero-order valence-electron chi connectivity index (χ0n) is 10.9. The van der Waals surface area contributed by atoms with E-state index < -0.39 is 17.7 Å². The molecule has 1 atom stereocenters. The maximum atomic E-state index is 14.0. The topological polar surface area (TPSA) is 32.3 Å². The summed E-state index contributed by atoms with van der Waals surface area (Å²) in [7, 11) is 1.40. The highest BCUT2D eigenvalue weighted by Gasteiger charge is 2.47. The number of amides is 1. The molecular weight excluding hydrogens is 250 g/mol. The van der Waals surface area contributed by atoms with Crippen LogP contribution in [0.5, 0.6) is 0 Å². The summed E-state index contributed by atoms with van der Waals surface area (Å²) < 4.78 is 27.9. The molecule has 3 nitrogen and oxygen atoms in total. The third kappa shape index (κ3) is 3.29. The number of hydrogen-bond donors (Lipinski definition) is 1. The molecule has 0 aliphatic carbocycles. The van der Waals surface area contributed by atoms with Gasteiger partial charge in [-0.1, -0.05) is 30.3 Å². The average Bonchev–Trinajstić information content (AvgIpc) is 2.38. The lowest BCUT2D eigenvalue weighted by Crippen LogP contribution is -2.52. The zero-order valence-corrected chi connectivity index (χ0v) is 10.9. The van der Waals surface area contributed by atoms with Crippen molar-refractivity contribution in [1.29, 1.82) is 0 Å². The Morgan fingerprint density at radius 1 is 1.42 bits per heavy atom. The Labute approximate surface area is 111 Å². The van der Waals surface area contributed by atoms with Crippen LogP contribution in [-0.4, -0.2) is 36.9 Å². The van der Waals surface area contributed by atoms with Crippen molar-refractivity contribution < 1.29 is 13.6 Å². The number of hydrogen-bond acceptors (Lipinski definition) is 2. The second-order valence-electron chi connectivity index (χ2n) is 4.91. The number of halogens is 2. The van der Waals surface area contributed by atoms with E-state index in [-0.39, 0.29) is 13.0 Å². The van der Waals surface area contributed by atoms with E-state index in [0.717, 1.165) is 5.56 Å². The smallest absolute Gasteiger partial charge is 0.272 e. The van der Waals surface area contributed by atoms with Crippen LogP contribution in [0.1, 0.15) is 12.0 Å². The van der Waals surface area contributed by atoms with Crippen molar-refractivity contribution in [2.24, 2.45) is 5.92 Å². The maximum absolute atomic E-state index is 14.0. The summed E-state index contributed by atoms with van der Waals surface area (Å²) in [5.74, 6) is -4.73. The molecule has 1 aromatic carbocycles.